The van der Waals surface area contributed by atoms with E-state index in [1.807, 2.05) is 64.5 Å². The van der Waals surface area contributed by atoms with E-state index >= 15 is 0 Å². The highest BCUT2D eigenvalue weighted by atomic mass is 35.5. The first-order chi connectivity index (χ1) is 17.1. The fourth-order valence-corrected chi connectivity index (χ4v) is 5.45. The number of benzene rings is 2. The quantitative estimate of drug-likeness (QED) is 0.521. The summed E-state index contributed by atoms with van der Waals surface area (Å²) >= 11 is 6.03. The van der Waals surface area contributed by atoms with Crippen LogP contribution in [0.2, 0.25) is 5.02 Å². The Bertz CT molecular complexity index is 1170. The highest BCUT2D eigenvalue weighted by molar-refractivity contribution is 6.30. The monoisotopic (exact) mass is 493 g/mol. The molecule has 0 radical (unpaired) electrons. The van der Waals surface area contributed by atoms with Crippen molar-refractivity contribution in [2.75, 3.05) is 26.2 Å². The molecule has 5 rings (SSSR count). The lowest BCUT2D eigenvalue weighted by Gasteiger charge is -2.39. The summed E-state index contributed by atoms with van der Waals surface area (Å²) < 4.78 is 6.33. The summed E-state index contributed by atoms with van der Waals surface area (Å²) in [6.07, 6.45) is 6.56. The molecular formula is C28H32ClN3O3. The predicted octanol–water partition coefficient (Wildman–Crippen LogP) is 5.06. The number of H-pyrrole nitrogens is 1. The first-order valence-electron chi connectivity index (χ1n) is 12.6. The van der Waals surface area contributed by atoms with Crippen LogP contribution >= 0.6 is 11.6 Å². The van der Waals surface area contributed by atoms with Gasteiger partial charge in [0.05, 0.1) is 6.42 Å². The van der Waals surface area contributed by atoms with E-state index in [9.17, 15) is 9.59 Å². The largest absolute Gasteiger partial charge is 0.490 e. The van der Waals surface area contributed by atoms with Gasteiger partial charge >= 0.3 is 0 Å². The van der Waals surface area contributed by atoms with Gasteiger partial charge in [-0.05, 0) is 55.2 Å². The lowest BCUT2D eigenvalue weighted by atomic mass is 9.90. The number of carbonyl (C=O) groups is 2. The molecule has 2 atom stereocenters. The summed E-state index contributed by atoms with van der Waals surface area (Å²) in [6, 6.07) is 15.4. The van der Waals surface area contributed by atoms with Crippen molar-refractivity contribution in [1.29, 1.82) is 0 Å². The average Bonchev–Trinajstić information content (AvgIpc) is 3.29. The van der Waals surface area contributed by atoms with Gasteiger partial charge < -0.3 is 19.5 Å². The average molecular weight is 494 g/mol. The van der Waals surface area contributed by atoms with Crippen LogP contribution in [0, 0.1) is 5.92 Å². The van der Waals surface area contributed by atoms with Crippen LogP contribution in [0.15, 0.2) is 54.7 Å². The number of rotatable bonds is 6. The van der Waals surface area contributed by atoms with Crippen molar-refractivity contribution >= 4 is 34.3 Å². The second-order valence-electron chi connectivity index (χ2n) is 9.68. The zero-order valence-electron chi connectivity index (χ0n) is 19.9. The van der Waals surface area contributed by atoms with E-state index in [1.54, 1.807) is 0 Å². The van der Waals surface area contributed by atoms with Gasteiger partial charge in [-0.3, -0.25) is 9.59 Å². The number of ether oxygens (including phenoxy) is 1. The molecule has 6 nitrogen and oxygen atoms in total. The Labute approximate surface area is 211 Å². The van der Waals surface area contributed by atoms with Crippen molar-refractivity contribution in [2.24, 2.45) is 5.92 Å². The molecule has 2 aromatic carbocycles. The number of aromatic nitrogens is 1. The molecule has 0 saturated carbocycles. The smallest absolute Gasteiger partial charge is 0.227 e. The number of fused-ring (bicyclic) bond motifs is 1. The molecule has 2 fully saturated rings. The Morgan fingerprint density at radius 2 is 1.71 bits per heavy atom. The first-order valence-corrected chi connectivity index (χ1v) is 13.0. The maximum absolute atomic E-state index is 13.3. The number of aromatic amines is 1. The van der Waals surface area contributed by atoms with Gasteiger partial charge in [0.15, 0.2) is 0 Å². The number of amides is 2. The number of halogens is 1. The lowest BCUT2D eigenvalue weighted by Crippen LogP contribution is -2.50. The van der Waals surface area contributed by atoms with Gasteiger partial charge in [0.1, 0.15) is 11.9 Å². The molecule has 0 aliphatic carbocycles. The fourth-order valence-electron chi connectivity index (χ4n) is 5.33. The van der Waals surface area contributed by atoms with Gasteiger partial charge in [-0.15, -0.1) is 0 Å². The topological polar surface area (TPSA) is 65.6 Å². The van der Waals surface area contributed by atoms with Crippen molar-refractivity contribution in [3.8, 4) is 5.75 Å². The molecule has 2 aliphatic heterocycles. The van der Waals surface area contributed by atoms with Crippen LogP contribution in [0.25, 0.3) is 10.9 Å². The maximum Gasteiger partial charge on any atom is 0.227 e. The molecule has 184 valence electrons. The maximum atomic E-state index is 13.3. The standard InChI is InChI=1S/C28H32ClN3O3/c29-22-8-10-23(11-9-22)35-26-12-15-32(19-21(26)17-27(33)31-13-4-1-5-14-31)28(34)16-20-18-30-25-7-3-2-6-24(20)25/h2-3,6-11,18,21,26,30H,1,4-5,12-17,19H2/t21-,26-/m0/s1. The summed E-state index contributed by atoms with van der Waals surface area (Å²) in [6.45, 7) is 2.81. The number of hydrogen-bond donors (Lipinski definition) is 1. The summed E-state index contributed by atoms with van der Waals surface area (Å²) in [5, 5.41) is 1.74. The molecule has 1 aromatic heterocycles. The number of nitrogens with zero attached hydrogens (tertiary/aromatic N) is 2. The van der Waals surface area contributed by atoms with E-state index in [2.05, 4.69) is 4.98 Å². The lowest BCUT2D eigenvalue weighted by molar-refractivity contribution is -0.139. The van der Waals surface area contributed by atoms with Crippen molar-refractivity contribution in [1.82, 2.24) is 14.8 Å². The van der Waals surface area contributed by atoms with Gasteiger partial charge in [-0.1, -0.05) is 29.8 Å². The number of para-hydroxylation sites is 1. The normalized spacial score (nSPS) is 20.7. The van der Waals surface area contributed by atoms with Crippen molar-refractivity contribution in [3.05, 3.63) is 65.3 Å². The molecule has 7 heteroatoms. The van der Waals surface area contributed by atoms with Gasteiger partial charge in [0.25, 0.3) is 0 Å². The number of carbonyl (C=O) groups excluding carboxylic acids is 2. The van der Waals surface area contributed by atoms with Crippen LogP contribution in [-0.4, -0.2) is 58.9 Å². The number of hydrogen-bond acceptors (Lipinski definition) is 3. The van der Waals surface area contributed by atoms with Gasteiger partial charge in [0, 0.05) is 67.1 Å². The minimum atomic E-state index is -0.123. The van der Waals surface area contributed by atoms with Crippen LogP contribution in [0.3, 0.4) is 0 Å². The Hall–Kier alpha value is -2.99. The summed E-state index contributed by atoms with van der Waals surface area (Å²) in [4.78, 5) is 33.6. The molecule has 2 amide bonds. The van der Waals surface area contributed by atoms with Crippen LogP contribution in [0.1, 0.15) is 37.7 Å². The van der Waals surface area contributed by atoms with Gasteiger partial charge in [-0.25, -0.2) is 0 Å². The van der Waals surface area contributed by atoms with Crippen LogP contribution < -0.4 is 4.74 Å². The SMILES string of the molecule is O=C(C[C@H]1CN(C(=O)Cc2c[nH]c3ccccc23)CC[C@@H]1Oc1ccc(Cl)cc1)N1CCCCC1. The minimum Gasteiger partial charge on any atom is -0.490 e. The molecular weight excluding hydrogens is 462 g/mol. The molecule has 1 N–H and O–H groups in total. The third-order valence-corrected chi connectivity index (χ3v) is 7.53. The minimum absolute atomic E-state index is 0.0548. The molecule has 3 aromatic rings. The third-order valence-electron chi connectivity index (χ3n) is 7.28. The van der Waals surface area contributed by atoms with Crippen LogP contribution in [-0.2, 0) is 16.0 Å². The molecule has 0 bridgehead atoms. The zero-order chi connectivity index (χ0) is 24.2. The first kappa shape index (κ1) is 23.7. The van der Waals surface area contributed by atoms with Crippen molar-refractivity contribution in [3.63, 3.8) is 0 Å². The summed E-state index contributed by atoms with van der Waals surface area (Å²) in [5.41, 5.74) is 2.04. The molecule has 3 heterocycles. The number of likely N-dealkylation sites (tertiary alicyclic amines) is 2. The zero-order valence-corrected chi connectivity index (χ0v) is 20.7. The van der Waals surface area contributed by atoms with Crippen LogP contribution in [0.5, 0.6) is 5.75 Å². The molecule has 0 unspecified atom stereocenters. The highest BCUT2D eigenvalue weighted by Crippen LogP contribution is 2.28. The Kier molecular flexibility index (Phi) is 7.28. The Morgan fingerprint density at radius 3 is 2.51 bits per heavy atom. The Balaban J connectivity index is 1.29. The molecule has 35 heavy (non-hydrogen) atoms. The molecule has 0 spiro atoms. The van der Waals surface area contributed by atoms with E-state index in [0.717, 1.165) is 48.1 Å². The molecule has 2 aliphatic rings. The number of piperidine rings is 2. The second kappa shape index (κ2) is 10.7. The summed E-state index contributed by atoms with van der Waals surface area (Å²) in [5.74, 6) is 0.953. The van der Waals surface area contributed by atoms with Gasteiger partial charge in [0.2, 0.25) is 11.8 Å². The molecule has 2 saturated heterocycles. The summed E-state index contributed by atoms with van der Waals surface area (Å²) in [7, 11) is 0. The van der Waals surface area contributed by atoms with Crippen molar-refractivity contribution < 1.29 is 14.3 Å². The Morgan fingerprint density at radius 1 is 0.943 bits per heavy atom. The predicted molar refractivity (Wildman–Crippen MR) is 138 cm³/mol. The second-order valence-corrected chi connectivity index (χ2v) is 10.1. The van der Waals surface area contributed by atoms with E-state index in [-0.39, 0.29) is 23.8 Å². The van der Waals surface area contributed by atoms with E-state index < -0.39 is 0 Å². The van der Waals surface area contributed by atoms with E-state index in [4.69, 9.17) is 16.3 Å². The van der Waals surface area contributed by atoms with Crippen LogP contribution in [0.4, 0.5) is 0 Å². The van der Waals surface area contributed by atoms with Crippen molar-refractivity contribution in [2.45, 2.75) is 44.6 Å². The fraction of sp³-hybridized carbons (Fsp3) is 0.429. The van der Waals surface area contributed by atoms with E-state index in [0.29, 0.717) is 37.4 Å². The number of nitrogens with one attached hydrogen (secondary N) is 1. The van der Waals surface area contributed by atoms with Gasteiger partial charge in [-0.2, -0.15) is 0 Å². The third kappa shape index (κ3) is 5.64. The van der Waals surface area contributed by atoms with E-state index in [1.165, 1.54) is 6.42 Å². The highest BCUT2D eigenvalue weighted by Gasteiger charge is 2.35.